The van der Waals surface area contributed by atoms with Crippen LogP contribution in [0.25, 0.3) is 0 Å². The van der Waals surface area contributed by atoms with Crippen molar-refractivity contribution in [1.29, 1.82) is 0 Å². The highest BCUT2D eigenvalue weighted by molar-refractivity contribution is 5.82. The molecule has 2 aliphatic rings. The number of likely N-dealkylation sites (N-methyl/N-ethyl adjacent to an activating group) is 1. The van der Waals surface area contributed by atoms with E-state index in [9.17, 15) is 4.79 Å². The lowest BCUT2D eigenvalue weighted by Gasteiger charge is -2.30. The summed E-state index contributed by atoms with van der Waals surface area (Å²) in [5, 5.41) is 3.52. The van der Waals surface area contributed by atoms with Crippen LogP contribution < -0.4 is 5.32 Å². The molecule has 0 radical (unpaired) electrons. The maximum atomic E-state index is 12.1. The third kappa shape index (κ3) is 2.41. The predicted octanol–water partition coefficient (Wildman–Crippen LogP) is 1.26. The molecule has 2 rings (SSSR count). The van der Waals surface area contributed by atoms with Gasteiger partial charge >= 0.3 is 5.97 Å². The van der Waals surface area contributed by atoms with Crippen molar-refractivity contribution < 1.29 is 9.53 Å². The average molecular weight is 254 g/mol. The second kappa shape index (κ2) is 5.57. The van der Waals surface area contributed by atoms with Crippen LogP contribution >= 0.6 is 0 Å². The third-order valence-electron chi connectivity index (χ3n) is 4.78. The molecule has 18 heavy (non-hydrogen) atoms. The zero-order valence-corrected chi connectivity index (χ0v) is 11.9. The summed E-state index contributed by atoms with van der Waals surface area (Å²) in [5.74, 6) is 1.25. The van der Waals surface area contributed by atoms with E-state index in [-0.39, 0.29) is 11.5 Å². The molecule has 0 aromatic rings. The molecular weight excluding hydrogens is 228 g/mol. The zero-order chi connectivity index (χ0) is 13.2. The van der Waals surface area contributed by atoms with Crippen molar-refractivity contribution in [1.82, 2.24) is 10.2 Å². The number of rotatable bonds is 7. The topological polar surface area (TPSA) is 41.6 Å². The van der Waals surface area contributed by atoms with Gasteiger partial charge < -0.3 is 15.0 Å². The van der Waals surface area contributed by atoms with E-state index in [1.54, 1.807) is 0 Å². The highest BCUT2D eigenvalue weighted by atomic mass is 16.5. The number of nitrogens with one attached hydrogen (secondary N) is 1. The summed E-state index contributed by atoms with van der Waals surface area (Å²) in [6.45, 7) is 8.35. The van der Waals surface area contributed by atoms with E-state index in [1.807, 2.05) is 0 Å². The maximum Gasteiger partial charge on any atom is 0.326 e. The van der Waals surface area contributed by atoms with E-state index in [0.29, 0.717) is 5.92 Å². The summed E-state index contributed by atoms with van der Waals surface area (Å²) in [6.07, 6.45) is 3.33. The molecule has 0 heterocycles. The van der Waals surface area contributed by atoms with E-state index in [2.05, 4.69) is 24.1 Å². The monoisotopic (exact) mass is 254 g/mol. The van der Waals surface area contributed by atoms with Gasteiger partial charge in [0.25, 0.3) is 0 Å². The van der Waals surface area contributed by atoms with E-state index in [4.69, 9.17) is 4.74 Å². The Bertz CT molecular complexity index is 304. The van der Waals surface area contributed by atoms with Gasteiger partial charge in [0.15, 0.2) is 0 Å². The molecule has 0 aromatic heterocycles. The second-order valence-electron chi connectivity index (χ2n) is 5.56. The molecule has 3 atom stereocenters. The van der Waals surface area contributed by atoms with Gasteiger partial charge in [0.05, 0.1) is 7.11 Å². The molecule has 3 unspecified atom stereocenters. The molecule has 1 N–H and O–H groups in total. The van der Waals surface area contributed by atoms with Crippen LogP contribution in [0.4, 0.5) is 0 Å². The highest BCUT2D eigenvalue weighted by Gasteiger charge is 2.62. The van der Waals surface area contributed by atoms with Gasteiger partial charge in [0.1, 0.15) is 5.54 Å². The fourth-order valence-corrected chi connectivity index (χ4v) is 3.47. The van der Waals surface area contributed by atoms with Gasteiger partial charge in [-0.05, 0) is 44.2 Å². The van der Waals surface area contributed by atoms with Gasteiger partial charge in [-0.1, -0.05) is 13.8 Å². The fraction of sp³-hybridized carbons (Fsp3) is 0.929. The lowest BCUT2D eigenvalue weighted by atomic mass is 9.93. The Morgan fingerprint density at radius 3 is 2.61 bits per heavy atom. The number of nitrogens with zero attached hydrogens (tertiary/aromatic N) is 1. The van der Waals surface area contributed by atoms with Gasteiger partial charge in [-0.25, -0.2) is 0 Å². The molecule has 2 saturated carbocycles. The molecule has 2 fully saturated rings. The standard InChI is InChI=1S/C14H26N2O2/c1-4-16(5-2)9-8-15-14(13(17)18-3)7-6-11-10-12(11)14/h11-12,15H,4-10H2,1-3H3. The Morgan fingerprint density at radius 2 is 2.17 bits per heavy atom. The van der Waals surface area contributed by atoms with E-state index < -0.39 is 0 Å². The normalized spacial score (nSPS) is 33.6. The molecule has 0 saturated heterocycles. The van der Waals surface area contributed by atoms with Crippen LogP contribution in [-0.4, -0.2) is 49.7 Å². The lowest BCUT2D eigenvalue weighted by molar-refractivity contribution is -0.149. The summed E-state index contributed by atoms with van der Waals surface area (Å²) < 4.78 is 5.03. The third-order valence-corrected chi connectivity index (χ3v) is 4.78. The average Bonchev–Trinajstić information content (AvgIpc) is 3.11. The molecule has 0 amide bonds. The number of esters is 1. The minimum atomic E-state index is -0.368. The Kier molecular flexibility index (Phi) is 4.28. The van der Waals surface area contributed by atoms with Gasteiger partial charge in [-0.15, -0.1) is 0 Å². The summed E-state index contributed by atoms with van der Waals surface area (Å²) in [6, 6.07) is 0. The van der Waals surface area contributed by atoms with Crippen molar-refractivity contribution in [3.8, 4) is 0 Å². The number of fused-ring (bicyclic) bond motifs is 1. The van der Waals surface area contributed by atoms with Crippen LogP contribution in [0.15, 0.2) is 0 Å². The second-order valence-corrected chi connectivity index (χ2v) is 5.56. The summed E-state index contributed by atoms with van der Waals surface area (Å²) in [5.41, 5.74) is -0.368. The van der Waals surface area contributed by atoms with Crippen LogP contribution in [0.2, 0.25) is 0 Å². The molecule has 4 nitrogen and oxygen atoms in total. The molecule has 0 aliphatic heterocycles. The van der Waals surface area contributed by atoms with Gasteiger partial charge in [-0.2, -0.15) is 0 Å². The van der Waals surface area contributed by atoms with Crippen molar-refractivity contribution in [2.75, 3.05) is 33.3 Å². The number of ether oxygens (including phenoxy) is 1. The van der Waals surface area contributed by atoms with Crippen LogP contribution in [0.5, 0.6) is 0 Å². The van der Waals surface area contributed by atoms with Gasteiger partial charge in [0.2, 0.25) is 0 Å². The maximum absolute atomic E-state index is 12.1. The number of carbonyl (C=O) groups excluding carboxylic acids is 1. The van der Waals surface area contributed by atoms with Crippen molar-refractivity contribution in [2.24, 2.45) is 11.8 Å². The van der Waals surface area contributed by atoms with Gasteiger partial charge in [-0.3, -0.25) is 4.79 Å². The first-order valence-corrected chi connectivity index (χ1v) is 7.23. The summed E-state index contributed by atoms with van der Waals surface area (Å²) in [7, 11) is 1.51. The van der Waals surface area contributed by atoms with Crippen molar-refractivity contribution in [3.05, 3.63) is 0 Å². The number of methoxy groups -OCH3 is 1. The molecule has 0 spiro atoms. The number of carbonyl (C=O) groups is 1. The van der Waals surface area contributed by atoms with E-state index in [0.717, 1.165) is 38.5 Å². The first kappa shape index (κ1) is 13.8. The molecule has 0 bridgehead atoms. The molecular formula is C14H26N2O2. The SMILES string of the molecule is CCN(CC)CCNC1(C(=O)OC)CCC2CC21. The van der Waals surface area contributed by atoms with E-state index in [1.165, 1.54) is 20.0 Å². The number of hydrogen-bond acceptors (Lipinski definition) is 4. The van der Waals surface area contributed by atoms with Crippen LogP contribution in [0, 0.1) is 11.8 Å². The van der Waals surface area contributed by atoms with Crippen LogP contribution in [-0.2, 0) is 9.53 Å². The van der Waals surface area contributed by atoms with Crippen molar-refractivity contribution >= 4 is 5.97 Å². The minimum absolute atomic E-state index is 0.0490. The predicted molar refractivity (Wildman–Crippen MR) is 71.4 cm³/mol. The Labute approximate surface area is 110 Å². The van der Waals surface area contributed by atoms with Gasteiger partial charge in [0, 0.05) is 13.1 Å². The molecule has 0 aromatic carbocycles. The quantitative estimate of drug-likeness (QED) is 0.695. The largest absolute Gasteiger partial charge is 0.468 e. The highest BCUT2D eigenvalue weighted by Crippen LogP contribution is 2.57. The van der Waals surface area contributed by atoms with Crippen molar-refractivity contribution in [3.63, 3.8) is 0 Å². The Hall–Kier alpha value is -0.610. The first-order valence-electron chi connectivity index (χ1n) is 7.23. The first-order chi connectivity index (χ1) is 8.67. The molecule has 2 aliphatic carbocycles. The summed E-state index contributed by atoms with van der Waals surface area (Å²) in [4.78, 5) is 14.5. The number of hydrogen-bond donors (Lipinski definition) is 1. The Morgan fingerprint density at radius 1 is 1.44 bits per heavy atom. The smallest absolute Gasteiger partial charge is 0.326 e. The van der Waals surface area contributed by atoms with E-state index >= 15 is 0 Å². The van der Waals surface area contributed by atoms with Crippen LogP contribution in [0.3, 0.4) is 0 Å². The fourth-order valence-electron chi connectivity index (χ4n) is 3.47. The molecule has 4 heteroatoms. The Balaban J connectivity index is 1.89. The lowest BCUT2D eigenvalue weighted by Crippen LogP contribution is -2.55. The molecule has 104 valence electrons. The summed E-state index contributed by atoms with van der Waals surface area (Å²) >= 11 is 0. The minimum Gasteiger partial charge on any atom is -0.468 e. The van der Waals surface area contributed by atoms with Crippen molar-refractivity contribution in [2.45, 2.75) is 38.6 Å². The zero-order valence-electron chi connectivity index (χ0n) is 11.9. The van der Waals surface area contributed by atoms with Crippen LogP contribution in [0.1, 0.15) is 33.1 Å².